The average Bonchev–Trinajstić information content (AvgIpc) is 2.93. The Morgan fingerprint density at radius 3 is 0.619 bits per heavy atom. The van der Waals surface area contributed by atoms with Gasteiger partial charge in [-0.3, -0.25) is 9.59 Å². The number of carbonyl (C=O) groups is 2. The molecule has 0 aromatic carbocycles. The summed E-state index contributed by atoms with van der Waals surface area (Å²) < 4.78 is 0. The Kier molecular flexibility index (Phi) is 53.6. The number of aliphatic carboxylic acids is 2. The summed E-state index contributed by atoms with van der Waals surface area (Å²) in [6, 6.07) is 0. The van der Waals surface area contributed by atoms with Gasteiger partial charge in [-0.05, 0) is 12.8 Å². The predicted octanol–water partition coefficient (Wildman–Crippen LogP) is 11.7. The second-order valence-electron chi connectivity index (χ2n) is 12.2. The van der Waals surface area contributed by atoms with Gasteiger partial charge in [-0.1, -0.05) is 194 Å². The second kappa shape index (κ2) is 45.8. The Morgan fingerprint density at radius 2 is 0.476 bits per heavy atom. The van der Waals surface area contributed by atoms with Crippen LogP contribution in [0.1, 0.15) is 219 Å². The molecule has 6 heteroatoms. The van der Waals surface area contributed by atoms with E-state index in [0.29, 0.717) is 12.8 Å². The summed E-state index contributed by atoms with van der Waals surface area (Å²) in [5.41, 5.74) is 0. The van der Waals surface area contributed by atoms with Crippen LogP contribution in [0.2, 0.25) is 0 Å². The number of hydrogen-bond donors (Lipinski definition) is 2. The van der Waals surface area contributed by atoms with Gasteiger partial charge in [0.15, 0.2) is 0 Å². The first-order chi connectivity index (χ1) is 19.5. The standard InChI is InChI=1S/2C18H36O2.Mg.Zn.2H/c2*1-2-3-4-5-6-7-8-9-10-11-12-13-14-15-16-17-18(19)20;;;;/h2*2-17H2,1H3,(H,19,20);;;;. The molecular weight excluding hydrogens is 586 g/mol. The average molecular weight is 661 g/mol. The van der Waals surface area contributed by atoms with Gasteiger partial charge in [-0.25, -0.2) is 0 Å². The molecular formula is C36H74MgO4Zn. The van der Waals surface area contributed by atoms with Gasteiger partial charge < -0.3 is 10.2 Å². The van der Waals surface area contributed by atoms with Crippen molar-refractivity contribution in [2.75, 3.05) is 0 Å². The zero-order valence-corrected chi connectivity index (χ0v) is 31.0. The summed E-state index contributed by atoms with van der Waals surface area (Å²) in [5, 5.41) is 17.0. The van der Waals surface area contributed by atoms with Gasteiger partial charge >= 0.3 is 35.0 Å². The van der Waals surface area contributed by atoms with Crippen molar-refractivity contribution < 1.29 is 39.3 Å². The summed E-state index contributed by atoms with van der Waals surface area (Å²) in [6.45, 7) is 4.54. The first kappa shape index (κ1) is 49.2. The molecule has 0 radical (unpaired) electrons. The van der Waals surface area contributed by atoms with E-state index in [0.717, 1.165) is 25.7 Å². The summed E-state index contributed by atoms with van der Waals surface area (Å²) in [5.74, 6) is -1.31. The topological polar surface area (TPSA) is 74.6 Å². The second-order valence-corrected chi connectivity index (χ2v) is 12.2. The Bertz CT molecular complexity index is 461. The van der Waals surface area contributed by atoms with Crippen molar-refractivity contribution in [3.8, 4) is 0 Å². The van der Waals surface area contributed by atoms with E-state index in [1.165, 1.54) is 167 Å². The van der Waals surface area contributed by atoms with Crippen molar-refractivity contribution >= 4 is 35.0 Å². The fraction of sp³-hybridized carbons (Fsp3) is 0.944. The molecule has 0 bridgehead atoms. The largest absolute Gasteiger partial charge is 0.481 e. The molecule has 42 heavy (non-hydrogen) atoms. The minimum Gasteiger partial charge on any atom is -0.481 e. The van der Waals surface area contributed by atoms with Gasteiger partial charge in [0.05, 0.1) is 0 Å². The van der Waals surface area contributed by atoms with Crippen molar-refractivity contribution in [3.05, 3.63) is 0 Å². The van der Waals surface area contributed by atoms with Crippen LogP contribution in [0.5, 0.6) is 0 Å². The summed E-state index contributed by atoms with van der Waals surface area (Å²) >= 11 is 0. The molecule has 0 aliphatic rings. The first-order valence-electron chi connectivity index (χ1n) is 18.0. The Balaban J connectivity index is -0.000000328. The molecule has 0 spiro atoms. The van der Waals surface area contributed by atoms with Crippen molar-refractivity contribution in [3.63, 3.8) is 0 Å². The Hall–Kier alpha value is 0.330. The summed E-state index contributed by atoms with van der Waals surface area (Å²) in [4.78, 5) is 20.7. The van der Waals surface area contributed by atoms with Crippen LogP contribution >= 0.6 is 0 Å². The summed E-state index contributed by atoms with van der Waals surface area (Å²) in [7, 11) is 0. The molecule has 0 aliphatic carbocycles. The third kappa shape index (κ3) is 52.9. The van der Waals surface area contributed by atoms with Crippen LogP contribution in [0.25, 0.3) is 0 Å². The molecule has 0 aromatic heterocycles. The van der Waals surface area contributed by atoms with Gasteiger partial charge in [-0.15, -0.1) is 0 Å². The van der Waals surface area contributed by atoms with Gasteiger partial charge in [0, 0.05) is 32.3 Å². The maximum atomic E-state index is 10.3. The van der Waals surface area contributed by atoms with Crippen LogP contribution in [0.4, 0.5) is 0 Å². The molecule has 0 heterocycles. The van der Waals surface area contributed by atoms with Gasteiger partial charge in [0.2, 0.25) is 0 Å². The van der Waals surface area contributed by atoms with E-state index in [9.17, 15) is 9.59 Å². The quantitative estimate of drug-likeness (QED) is 0.0556. The molecule has 0 rings (SSSR count). The number of rotatable bonds is 32. The van der Waals surface area contributed by atoms with E-state index in [1.807, 2.05) is 0 Å². The van der Waals surface area contributed by atoms with Gasteiger partial charge in [0.25, 0.3) is 0 Å². The zero-order chi connectivity index (χ0) is 29.8. The number of unbranched alkanes of at least 4 members (excludes halogenated alkanes) is 28. The van der Waals surface area contributed by atoms with Crippen LogP contribution in [0.15, 0.2) is 0 Å². The minimum absolute atomic E-state index is 0. The predicted molar refractivity (Wildman–Crippen MR) is 183 cm³/mol. The molecule has 0 atom stereocenters. The van der Waals surface area contributed by atoms with Crippen LogP contribution in [0.3, 0.4) is 0 Å². The van der Waals surface area contributed by atoms with Crippen LogP contribution in [-0.4, -0.2) is 45.2 Å². The SMILES string of the molecule is CCCCCCCCCCCCCCCCCC(=O)O.CCCCCCCCCCCCCCCCCC(=O)O.[MgH2].[Zn]. The van der Waals surface area contributed by atoms with Crippen molar-refractivity contribution in [1.82, 2.24) is 0 Å². The fourth-order valence-corrected chi connectivity index (χ4v) is 5.30. The van der Waals surface area contributed by atoms with Crippen molar-refractivity contribution in [2.45, 2.75) is 219 Å². The molecule has 0 fully saturated rings. The van der Waals surface area contributed by atoms with Gasteiger partial charge in [-0.2, -0.15) is 0 Å². The van der Waals surface area contributed by atoms with Crippen molar-refractivity contribution in [2.24, 2.45) is 0 Å². The maximum absolute atomic E-state index is 10.3. The third-order valence-electron chi connectivity index (χ3n) is 7.99. The monoisotopic (exact) mass is 658 g/mol. The first-order valence-corrected chi connectivity index (χ1v) is 18.0. The minimum atomic E-state index is -0.653. The van der Waals surface area contributed by atoms with Crippen molar-refractivity contribution in [1.29, 1.82) is 0 Å². The van der Waals surface area contributed by atoms with E-state index >= 15 is 0 Å². The fourth-order valence-electron chi connectivity index (χ4n) is 5.30. The molecule has 0 unspecified atom stereocenters. The third-order valence-corrected chi connectivity index (χ3v) is 7.99. The number of carboxylic acids is 2. The molecule has 2 N–H and O–H groups in total. The molecule has 4 nitrogen and oxygen atoms in total. The maximum Gasteiger partial charge on any atom is 0.316 e. The molecule has 0 aliphatic heterocycles. The van der Waals surface area contributed by atoms with E-state index in [4.69, 9.17) is 10.2 Å². The number of hydrogen-bond acceptors (Lipinski definition) is 2. The normalized spacial score (nSPS) is 10.3. The van der Waals surface area contributed by atoms with Crippen LogP contribution in [0, 0.1) is 0 Å². The molecule has 0 saturated carbocycles. The molecule has 0 amide bonds. The molecule has 0 saturated heterocycles. The Labute approximate surface area is 292 Å². The smallest absolute Gasteiger partial charge is 0.316 e. The van der Waals surface area contributed by atoms with E-state index in [1.54, 1.807) is 0 Å². The van der Waals surface area contributed by atoms with Crippen LogP contribution < -0.4 is 0 Å². The number of carboxylic acid groups (broad SMARTS) is 2. The van der Waals surface area contributed by atoms with E-state index < -0.39 is 11.9 Å². The van der Waals surface area contributed by atoms with Crippen LogP contribution in [-0.2, 0) is 29.1 Å². The van der Waals surface area contributed by atoms with E-state index in [2.05, 4.69) is 13.8 Å². The van der Waals surface area contributed by atoms with Gasteiger partial charge in [0.1, 0.15) is 0 Å². The zero-order valence-electron chi connectivity index (χ0n) is 28.0. The molecule has 0 aromatic rings. The summed E-state index contributed by atoms with van der Waals surface area (Å²) in [6.07, 6.45) is 40.4. The molecule has 246 valence electrons. The van der Waals surface area contributed by atoms with E-state index in [-0.39, 0.29) is 42.5 Å². The Morgan fingerprint density at radius 1 is 0.333 bits per heavy atom.